The topological polar surface area (TPSA) is 54.4 Å². The molecule has 9 heteroatoms. The fourth-order valence-corrected chi connectivity index (χ4v) is 1.99. The van der Waals surface area contributed by atoms with Crippen LogP contribution in [0.5, 0.6) is 0 Å². The molecule has 0 aliphatic carbocycles. The molecular formula is C11H14I3O3S2V. The Kier molecular flexibility index (Phi) is 17.4. The first kappa shape index (κ1) is 24.1. The van der Waals surface area contributed by atoms with E-state index in [1.165, 1.54) is 6.92 Å². The molecule has 1 aromatic rings. The molecule has 0 aliphatic heterocycles. The van der Waals surface area contributed by atoms with Gasteiger partial charge in [0.05, 0.1) is 0 Å². The molecule has 1 atom stereocenters. The predicted octanol–water partition coefficient (Wildman–Crippen LogP) is 4.73. The molecule has 1 aromatic carbocycles. The van der Waals surface area contributed by atoms with Crippen molar-refractivity contribution in [3.63, 3.8) is 0 Å². The van der Waals surface area contributed by atoms with E-state index in [4.69, 9.17) is 5.11 Å². The normalized spacial score (nSPS) is 10.8. The van der Waals surface area contributed by atoms with Crippen molar-refractivity contribution >= 4 is 96.3 Å². The molecule has 0 bridgehead atoms. The molecule has 0 spiro atoms. The van der Waals surface area contributed by atoms with Crippen LogP contribution in [0.3, 0.4) is 0 Å². The van der Waals surface area contributed by atoms with E-state index in [-0.39, 0.29) is 23.5 Å². The molecule has 0 fully saturated rings. The van der Waals surface area contributed by atoms with Crippen molar-refractivity contribution in [2.75, 3.05) is 0 Å². The summed E-state index contributed by atoms with van der Waals surface area (Å²) in [4.78, 5) is 21.4. The Morgan fingerprint density at radius 1 is 1.25 bits per heavy atom. The number of carbonyl (C=O) groups excluding carboxylic acids is 1. The average Bonchev–Trinajstić information content (AvgIpc) is 2.28. The van der Waals surface area contributed by atoms with Gasteiger partial charge in [0.25, 0.3) is 0 Å². The first-order chi connectivity index (χ1) is 8.82. The van der Waals surface area contributed by atoms with Gasteiger partial charge in [0, 0.05) is 6.92 Å². The van der Waals surface area contributed by atoms with Crippen molar-refractivity contribution in [1.82, 2.24) is 0 Å². The molecule has 3 nitrogen and oxygen atoms in total. The van der Waals surface area contributed by atoms with Crippen molar-refractivity contribution in [1.29, 1.82) is 0 Å². The Hall–Kier alpha value is 1.83. The van der Waals surface area contributed by atoms with Crippen LogP contribution < -0.4 is 0 Å². The third-order valence-corrected chi connectivity index (χ3v) is 2.83. The van der Waals surface area contributed by atoms with E-state index >= 15 is 0 Å². The summed E-state index contributed by atoms with van der Waals surface area (Å²) in [6.45, 7) is 1.38. The van der Waals surface area contributed by atoms with Crippen molar-refractivity contribution in [3.05, 3.63) is 35.9 Å². The summed E-state index contributed by atoms with van der Waals surface area (Å²) in [5, 5.41) is 8.05. The number of carbonyl (C=O) groups is 2. The van der Waals surface area contributed by atoms with Gasteiger partial charge in [-0.3, -0.25) is 9.59 Å². The molecule has 20 heavy (non-hydrogen) atoms. The van der Waals surface area contributed by atoms with Gasteiger partial charge < -0.3 is 5.11 Å². The molecule has 1 unspecified atom stereocenters. The summed E-state index contributed by atoms with van der Waals surface area (Å²) >= 11 is 8.25. The number of rotatable bonds is 4. The third kappa shape index (κ3) is 14.8. The number of carboxylic acids is 1. The summed E-state index contributed by atoms with van der Waals surface area (Å²) in [5.74, 6) is -0.945. The van der Waals surface area contributed by atoms with Crippen LogP contribution in [0, 0.1) is 0 Å². The SMILES string of the molecule is CC(=O)SC(Cc1ccccc1)C(=O)O.S.[I][V]([I])[I]. The fraction of sp³-hybridized carbons (Fsp3) is 0.273. The van der Waals surface area contributed by atoms with E-state index < -0.39 is 11.2 Å². The van der Waals surface area contributed by atoms with Gasteiger partial charge in [-0.1, -0.05) is 42.1 Å². The maximum absolute atomic E-state index is 10.9. The standard InChI is InChI=1S/C11H12O3S.3HI.H2S.V/c1-8(12)15-10(11(13)14)7-9-5-3-2-4-6-9;;;;;/h2-6,10H,7H2,1H3,(H,13,14);3*1H;1H2;/q;;;;;+3/p-3. The monoisotopic (exact) mass is 690 g/mol. The van der Waals surface area contributed by atoms with Gasteiger partial charge in [0.1, 0.15) is 5.25 Å². The quantitative estimate of drug-likeness (QED) is 0.465. The minimum atomic E-state index is -0.945. The van der Waals surface area contributed by atoms with Gasteiger partial charge in [0.15, 0.2) is 5.12 Å². The zero-order chi connectivity index (χ0) is 14.8. The van der Waals surface area contributed by atoms with Crippen molar-refractivity contribution < 1.29 is 19.6 Å². The number of aliphatic carboxylic acids is 1. The van der Waals surface area contributed by atoms with E-state index in [1.807, 2.05) is 30.3 Å². The molecule has 0 saturated carbocycles. The predicted molar refractivity (Wildman–Crippen MR) is 112 cm³/mol. The molecule has 1 N–H and O–H groups in total. The fourth-order valence-electron chi connectivity index (χ4n) is 1.21. The van der Waals surface area contributed by atoms with E-state index in [9.17, 15) is 9.59 Å². The molecule has 0 amide bonds. The Labute approximate surface area is 168 Å². The van der Waals surface area contributed by atoms with Gasteiger partial charge in [-0.05, 0) is 12.0 Å². The Morgan fingerprint density at radius 2 is 1.70 bits per heavy atom. The van der Waals surface area contributed by atoms with E-state index in [1.54, 1.807) is 0 Å². The van der Waals surface area contributed by atoms with Crippen LogP contribution in [0.1, 0.15) is 12.5 Å². The first-order valence-corrected chi connectivity index (χ1v) is 19.4. The van der Waals surface area contributed by atoms with Crippen LogP contribution in [0.25, 0.3) is 0 Å². The number of hydrogen-bond acceptors (Lipinski definition) is 3. The second-order valence-corrected chi connectivity index (χ2v) is 40.1. The number of hydrogen-bond donors (Lipinski definition) is 1. The van der Waals surface area contributed by atoms with Crippen molar-refractivity contribution in [3.8, 4) is 0 Å². The number of halogens is 3. The molecule has 114 valence electrons. The summed E-state index contributed by atoms with van der Waals surface area (Å²) in [6.07, 6.45) is 0.375. The van der Waals surface area contributed by atoms with Crippen LogP contribution in [-0.2, 0) is 20.9 Å². The van der Waals surface area contributed by atoms with Gasteiger partial charge in [-0.15, -0.1) is 0 Å². The van der Waals surface area contributed by atoms with Crippen LogP contribution in [0.4, 0.5) is 0 Å². The van der Waals surface area contributed by atoms with Crippen LogP contribution in [-0.4, -0.2) is 21.4 Å². The first-order valence-electron chi connectivity index (χ1n) is 5.04. The van der Waals surface area contributed by atoms with Crippen molar-refractivity contribution in [2.45, 2.75) is 18.6 Å². The summed E-state index contributed by atoms with van der Waals surface area (Å²) in [7, 11) is 0. The van der Waals surface area contributed by atoms with Crippen LogP contribution in [0.2, 0.25) is 0 Å². The van der Waals surface area contributed by atoms with Gasteiger partial charge in [-0.25, -0.2) is 0 Å². The zero-order valence-electron chi connectivity index (χ0n) is 10.4. The Bertz CT molecular complexity index is 404. The number of carboxylic acid groups (broad SMARTS) is 1. The average molecular weight is 690 g/mol. The van der Waals surface area contributed by atoms with Gasteiger partial charge in [0.2, 0.25) is 0 Å². The number of benzene rings is 1. The van der Waals surface area contributed by atoms with Crippen LogP contribution >= 0.6 is 85.2 Å². The maximum atomic E-state index is 10.9. The van der Waals surface area contributed by atoms with E-state index in [2.05, 4.69) is 59.9 Å². The second kappa shape index (κ2) is 14.4. The minimum absolute atomic E-state index is 0. The third-order valence-electron chi connectivity index (χ3n) is 1.85. The molecule has 0 radical (unpaired) electrons. The van der Waals surface area contributed by atoms with Gasteiger partial charge in [-0.2, -0.15) is 13.5 Å². The van der Waals surface area contributed by atoms with E-state index in [0.717, 1.165) is 17.3 Å². The summed E-state index contributed by atoms with van der Waals surface area (Å²) in [5.41, 5.74) is 0.929. The zero-order valence-corrected chi connectivity index (χ0v) is 20.1. The van der Waals surface area contributed by atoms with Gasteiger partial charge >= 0.3 is 70.8 Å². The molecule has 0 heterocycles. The Balaban J connectivity index is 0. The summed E-state index contributed by atoms with van der Waals surface area (Å²) < 4.78 is 0. The Morgan fingerprint density at radius 3 is 2.05 bits per heavy atom. The second-order valence-electron chi connectivity index (χ2n) is 3.32. The van der Waals surface area contributed by atoms with E-state index in [0.29, 0.717) is 6.42 Å². The molecular weight excluding hydrogens is 676 g/mol. The molecule has 0 aliphatic rings. The number of thioether (sulfide) groups is 1. The van der Waals surface area contributed by atoms with Crippen LogP contribution in [0.15, 0.2) is 30.3 Å². The molecule has 1 rings (SSSR count). The summed E-state index contributed by atoms with van der Waals surface area (Å²) in [6, 6.07) is 9.30. The molecule has 0 aromatic heterocycles. The van der Waals surface area contributed by atoms with Crippen molar-refractivity contribution in [2.24, 2.45) is 0 Å². The molecule has 0 saturated heterocycles.